The summed E-state index contributed by atoms with van der Waals surface area (Å²) in [6.07, 6.45) is 2.89. The first-order chi connectivity index (χ1) is 10.2. The van der Waals surface area contributed by atoms with Crippen LogP contribution in [0.15, 0.2) is 23.0 Å². The fourth-order valence-corrected chi connectivity index (χ4v) is 3.12. The Bertz CT molecular complexity index is 695. The van der Waals surface area contributed by atoms with Crippen molar-refractivity contribution in [2.75, 3.05) is 19.7 Å². The molecule has 112 valence electrons. The van der Waals surface area contributed by atoms with E-state index in [4.69, 9.17) is 0 Å². The first-order valence-corrected chi connectivity index (χ1v) is 7.52. The number of benzene rings is 1. The summed E-state index contributed by atoms with van der Waals surface area (Å²) in [5.74, 6) is 0.727. The van der Waals surface area contributed by atoms with Gasteiger partial charge in [-0.25, -0.2) is 4.98 Å². The van der Waals surface area contributed by atoms with Crippen LogP contribution in [0.2, 0.25) is 0 Å². The van der Waals surface area contributed by atoms with Gasteiger partial charge in [0.15, 0.2) is 0 Å². The van der Waals surface area contributed by atoms with Gasteiger partial charge >= 0.3 is 0 Å². The Balaban J connectivity index is 1.81. The molecule has 3 rings (SSSR count). The summed E-state index contributed by atoms with van der Waals surface area (Å²) in [6.45, 7) is 4.02. The third kappa shape index (κ3) is 2.84. The predicted octanol–water partition coefficient (Wildman–Crippen LogP) is 1.23. The second-order valence-electron chi connectivity index (χ2n) is 5.75. The highest BCUT2D eigenvalue weighted by atomic mass is 16.3. The SMILES string of the molecule is Cc1cccc2c(=O)[nH]c(CCN3CCCC3CO)nc12. The van der Waals surface area contributed by atoms with Gasteiger partial charge in [-0.05, 0) is 37.9 Å². The number of likely N-dealkylation sites (tertiary alicyclic amines) is 1. The molecule has 0 aliphatic carbocycles. The van der Waals surface area contributed by atoms with Crippen LogP contribution in [0.3, 0.4) is 0 Å². The van der Waals surface area contributed by atoms with E-state index < -0.39 is 0 Å². The Morgan fingerprint density at radius 2 is 2.33 bits per heavy atom. The van der Waals surface area contributed by atoms with Crippen LogP contribution in [0, 0.1) is 6.92 Å². The summed E-state index contributed by atoms with van der Waals surface area (Å²) in [4.78, 5) is 21.9. The molecule has 1 aromatic heterocycles. The van der Waals surface area contributed by atoms with Crippen molar-refractivity contribution < 1.29 is 5.11 Å². The van der Waals surface area contributed by atoms with E-state index in [0.717, 1.165) is 42.8 Å². The Morgan fingerprint density at radius 3 is 3.14 bits per heavy atom. The number of aliphatic hydroxyl groups is 1. The van der Waals surface area contributed by atoms with Crippen molar-refractivity contribution in [2.45, 2.75) is 32.2 Å². The molecule has 0 saturated carbocycles. The van der Waals surface area contributed by atoms with E-state index in [1.165, 1.54) is 0 Å². The Labute approximate surface area is 123 Å². The van der Waals surface area contributed by atoms with E-state index in [-0.39, 0.29) is 18.2 Å². The second-order valence-corrected chi connectivity index (χ2v) is 5.75. The van der Waals surface area contributed by atoms with Gasteiger partial charge in [0.1, 0.15) is 5.82 Å². The maximum absolute atomic E-state index is 12.1. The van der Waals surface area contributed by atoms with Crippen LogP contribution in [-0.2, 0) is 6.42 Å². The first-order valence-electron chi connectivity index (χ1n) is 7.52. The van der Waals surface area contributed by atoms with Crippen molar-refractivity contribution in [3.63, 3.8) is 0 Å². The van der Waals surface area contributed by atoms with Crippen LogP contribution >= 0.6 is 0 Å². The molecule has 2 N–H and O–H groups in total. The van der Waals surface area contributed by atoms with E-state index in [2.05, 4.69) is 14.9 Å². The molecule has 0 spiro atoms. The molecule has 1 saturated heterocycles. The van der Waals surface area contributed by atoms with E-state index in [1.54, 1.807) is 6.07 Å². The molecule has 1 aromatic carbocycles. The number of nitrogens with one attached hydrogen (secondary N) is 1. The zero-order valence-corrected chi connectivity index (χ0v) is 12.3. The summed E-state index contributed by atoms with van der Waals surface area (Å²) in [5, 5.41) is 9.99. The fraction of sp³-hybridized carbons (Fsp3) is 0.500. The number of aryl methyl sites for hydroxylation is 1. The highest BCUT2D eigenvalue weighted by Crippen LogP contribution is 2.17. The minimum atomic E-state index is -0.0705. The summed E-state index contributed by atoms with van der Waals surface area (Å²) < 4.78 is 0. The minimum absolute atomic E-state index is 0.0705. The number of rotatable bonds is 4. The molecule has 2 heterocycles. The van der Waals surface area contributed by atoms with Gasteiger partial charge in [-0.1, -0.05) is 12.1 Å². The normalized spacial score (nSPS) is 19.4. The van der Waals surface area contributed by atoms with Crippen LogP contribution in [-0.4, -0.2) is 45.7 Å². The summed E-state index contributed by atoms with van der Waals surface area (Å²) in [7, 11) is 0. The predicted molar refractivity (Wildman–Crippen MR) is 82.5 cm³/mol. The van der Waals surface area contributed by atoms with Gasteiger partial charge in [0.2, 0.25) is 0 Å². The zero-order chi connectivity index (χ0) is 14.8. The Kier molecular flexibility index (Phi) is 4.03. The molecular formula is C16H21N3O2. The highest BCUT2D eigenvalue weighted by Gasteiger charge is 2.23. The molecule has 1 aliphatic rings. The van der Waals surface area contributed by atoms with Crippen LogP contribution < -0.4 is 5.56 Å². The number of hydrogen-bond acceptors (Lipinski definition) is 4. The molecule has 1 fully saturated rings. The summed E-state index contributed by atoms with van der Waals surface area (Å²) >= 11 is 0. The quantitative estimate of drug-likeness (QED) is 0.887. The van der Waals surface area contributed by atoms with Crippen molar-refractivity contribution in [3.8, 4) is 0 Å². The number of aromatic amines is 1. The fourth-order valence-electron chi connectivity index (χ4n) is 3.12. The molecule has 1 unspecified atom stereocenters. The molecule has 5 heteroatoms. The zero-order valence-electron chi connectivity index (χ0n) is 12.3. The van der Waals surface area contributed by atoms with Gasteiger partial charge in [0.25, 0.3) is 5.56 Å². The third-order valence-electron chi connectivity index (χ3n) is 4.33. The van der Waals surface area contributed by atoms with Crippen molar-refractivity contribution in [1.29, 1.82) is 0 Å². The number of hydrogen-bond donors (Lipinski definition) is 2. The maximum Gasteiger partial charge on any atom is 0.258 e. The maximum atomic E-state index is 12.1. The second kappa shape index (κ2) is 5.95. The van der Waals surface area contributed by atoms with Gasteiger partial charge in [0.05, 0.1) is 17.5 Å². The van der Waals surface area contributed by atoms with Crippen LogP contribution in [0.4, 0.5) is 0 Å². The average Bonchev–Trinajstić information content (AvgIpc) is 2.94. The standard InChI is InChI=1S/C16H21N3O2/c1-11-4-2-6-13-15(11)17-14(18-16(13)21)7-9-19-8-3-5-12(19)10-20/h2,4,6,12,20H,3,5,7-10H2,1H3,(H,17,18,21). The molecule has 0 bridgehead atoms. The van der Waals surface area contributed by atoms with Gasteiger partial charge in [-0.2, -0.15) is 0 Å². The molecular weight excluding hydrogens is 266 g/mol. The van der Waals surface area contributed by atoms with Crippen molar-refractivity contribution in [2.24, 2.45) is 0 Å². The molecule has 5 nitrogen and oxygen atoms in total. The number of nitrogens with zero attached hydrogens (tertiary/aromatic N) is 2. The molecule has 0 amide bonds. The number of fused-ring (bicyclic) bond motifs is 1. The van der Waals surface area contributed by atoms with Crippen molar-refractivity contribution >= 4 is 10.9 Å². The lowest BCUT2D eigenvalue weighted by atomic mass is 10.1. The largest absolute Gasteiger partial charge is 0.395 e. The molecule has 2 aromatic rings. The van der Waals surface area contributed by atoms with Gasteiger partial charge in [-0.15, -0.1) is 0 Å². The lowest BCUT2D eigenvalue weighted by Crippen LogP contribution is -2.34. The van der Waals surface area contributed by atoms with Crippen molar-refractivity contribution in [1.82, 2.24) is 14.9 Å². The number of aromatic nitrogens is 2. The number of para-hydroxylation sites is 1. The minimum Gasteiger partial charge on any atom is -0.395 e. The Morgan fingerprint density at radius 1 is 1.48 bits per heavy atom. The smallest absolute Gasteiger partial charge is 0.258 e. The molecule has 21 heavy (non-hydrogen) atoms. The van der Waals surface area contributed by atoms with Crippen LogP contribution in [0.25, 0.3) is 10.9 Å². The average molecular weight is 287 g/mol. The van der Waals surface area contributed by atoms with E-state index in [9.17, 15) is 9.90 Å². The Hall–Kier alpha value is -1.72. The van der Waals surface area contributed by atoms with E-state index in [0.29, 0.717) is 11.8 Å². The third-order valence-corrected chi connectivity index (χ3v) is 4.33. The number of aliphatic hydroxyl groups excluding tert-OH is 1. The van der Waals surface area contributed by atoms with Crippen molar-refractivity contribution in [3.05, 3.63) is 39.9 Å². The molecule has 1 atom stereocenters. The van der Waals surface area contributed by atoms with Crippen LogP contribution in [0.5, 0.6) is 0 Å². The summed E-state index contributed by atoms with van der Waals surface area (Å²) in [6, 6.07) is 5.92. The monoisotopic (exact) mass is 287 g/mol. The van der Waals surface area contributed by atoms with Gasteiger partial charge < -0.3 is 10.1 Å². The first kappa shape index (κ1) is 14.2. The summed E-state index contributed by atoms with van der Waals surface area (Å²) in [5.41, 5.74) is 1.74. The highest BCUT2D eigenvalue weighted by molar-refractivity contribution is 5.80. The van der Waals surface area contributed by atoms with Crippen LogP contribution in [0.1, 0.15) is 24.2 Å². The van der Waals surface area contributed by atoms with Gasteiger partial charge in [0, 0.05) is 19.0 Å². The molecule has 0 radical (unpaired) electrons. The van der Waals surface area contributed by atoms with Gasteiger partial charge in [-0.3, -0.25) is 9.69 Å². The lowest BCUT2D eigenvalue weighted by molar-refractivity contribution is 0.159. The molecule has 1 aliphatic heterocycles. The topological polar surface area (TPSA) is 69.2 Å². The number of H-pyrrole nitrogens is 1. The van der Waals surface area contributed by atoms with E-state index in [1.807, 2.05) is 19.1 Å². The lowest BCUT2D eigenvalue weighted by Gasteiger charge is -2.22. The van der Waals surface area contributed by atoms with E-state index >= 15 is 0 Å².